The lowest BCUT2D eigenvalue weighted by atomic mass is 10.1. The third kappa shape index (κ3) is 4.80. The molecule has 108 valence electrons. The van der Waals surface area contributed by atoms with Gasteiger partial charge in [-0.25, -0.2) is 0 Å². The number of rotatable bonds is 6. The van der Waals surface area contributed by atoms with Gasteiger partial charge in [-0.15, -0.1) is 0 Å². The molecule has 0 aliphatic rings. The predicted octanol–water partition coefficient (Wildman–Crippen LogP) is 2.49. The summed E-state index contributed by atoms with van der Waals surface area (Å²) in [7, 11) is 0. The van der Waals surface area contributed by atoms with Crippen molar-refractivity contribution in [2.45, 2.75) is 39.0 Å². The number of nitrogens with two attached hydrogens (primary N) is 1. The molecule has 0 bridgehead atoms. The fourth-order valence-electron chi connectivity index (χ4n) is 2.05. The van der Waals surface area contributed by atoms with E-state index in [4.69, 9.17) is 5.73 Å². The van der Waals surface area contributed by atoms with Gasteiger partial charge in [-0.05, 0) is 38.6 Å². The fourth-order valence-corrected chi connectivity index (χ4v) is 2.05. The molecule has 0 amide bonds. The molecule has 1 heterocycles. The Morgan fingerprint density at radius 2 is 2.05 bits per heavy atom. The Morgan fingerprint density at radius 3 is 2.53 bits per heavy atom. The number of nitrogens with zero attached hydrogens (tertiary/aromatic N) is 2. The van der Waals surface area contributed by atoms with Gasteiger partial charge in [-0.1, -0.05) is 13.0 Å². The molecule has 3 nitrogen and oxygen atoms in total. The Hall–Kier alpha value is -1.14. The molecule has 0 aliphatic heterocycles. The minimum atomic E-state index is -4.26. The first-order chi connectivity index (χ1) is 8.88. The first-order valence-corrected chi connectivity index (χ1v) is 6.31. The lowest BCUT2D eigenvalue weighted by Gasteiger charge is -2.31. The summed E-state index contributed by atoms with van der Waals surface area (Å²) in [5, 5.41) is 0. The van der Waals surface area contributed by atoms with E-state index in [9.17, 15) is 13.2 Å². The van der Waals surface area contributed by atoms with E-state index in [1.807, 2.05) is 13.0 Å². The number of pyridine rings is 1. The number of aromatic nitrogens is 1. The number of aryl methyl sites for hydroxylation is 1. The highest BCUT2D eigenvalue weighted by Crippen LogP contribution is 2.27. The van der Waals surface area contributed by atoms with Crippen molar-refractivity contribution in [3.05, 3.63) is 29.6 Å². The molecule has 0 spiro atoms. The Balaban J connectivity index is 2.86. The van der Waals surface area contributed by atoms with Gasteiger partial charge in [-0.2, -0.15) is 13.2 Å². The molecule has 0 aromatic carbocycles. The van der Waals surface area contributed by atoms with Gasteiger partial charge in [-0.3, -0.25) is 9.88 Å². The quantitative estimate of drug-likeness (QED) is 0.867. The van der Waals surface area contributed by atoms with Crippen LogP contribution in [-0.2, 0) is 6.54 Å². The summed E-state index contributed by atoms with van der Waals surface area (Å²) in [4.78, 5) is 5.61. The molecule has 0 radical (unpaired) electrons. The molecule has 0 saturated carbocycles. The monoisotopic (exact) mass is 275 g/mol. The molecule has 1 rings (SSSR count). The maximum Gasteiger partial charge on any atom is 0.404 e. The molecule has 19 heavy (non-hydrogen) atoms. The van der Waals surface area contributed by atoms with Crippen molar-refractivity contribution < 1.29 is 13.2 Å². The molecule has 1 atom stereocenters. The summed E-state index contributed by atoms with van der Waals surface area (Å²) in [6, 6.07) is 3.86. The molecule has 0 saturated heterocycles. The van der Waals surface area contributed by atoms with E-state index in [0.717, 1.165) is 5.69 Å². The molecule has 0 aliphatic carbocycles. The van der Waals surface area contributed by atoms with Gasteiger partial charge < -0.3 is 5.73 Å². The van der Waals surface area contributed by atoms with Gasteiger partial charge in [0.1, 0.15) is 6.04 Å². The van der Waals surface area contributed by atoms with Crippen LogP contribution in [0.4, 0.5) is 13.2 Å². The summed E-state index contributed by atoms with van der Waals surface area (Å²) >= 11 is 0. The van der Waals surface area contributed by atoms with E-state index >= 15 is 0 Å². The zero-order valence-corrected chi connectivity index (χ0v) is 11.2. The van der Waals surface area contributed by atoms with E-state index in [1.165, 1.54) is 4.90 Å². The van der Waals surface area contributed by atoms with E-state index in [-0.39, 0.29) is 19.5 Å². The van der Waals surface area contributed by atoms with Gasteiger partial charge in [0.15, 0.2) is 0 Å². The van der Waals surface area contributed by atoms with E-state index in [2.05, 4.69) is 4.98 Å². The average molecular weight is 275 g/mol. The summed E-state index contributed by atoms with van der Waals surface area (Å²) in [6.45, 7) is 4.04. The molecule has 1 aromatic heterocycles. The average Bonchev–Trinajstić information content (AvgIpc) is 2.32. The highest BCUT2D eigenvalue weighted by atomic mass is 19.4. The molecule has 2 N–H and O–H groups in total. The summed E-state index contributed by atoms with van der Waals surface area (Å²) in [5.41, 5.74) is 6.74. The van der Waals surface area contributed by atoms with E-state index in [1.54, 1.807) is 19.1 Å². The summed E-state index contributed by atoms with van der Waals surface area (Å²) < 4.78 is 39.0. The number of hydrogen-bond acceptors (Lipinski definition) is 3. The van der Waals surface area contributed by atoms with Crippen LogP contribution < -0.4 is 5.73 Å². The Bertz CT molecular complexity index is 393. The van der Waals surface area contributed by atoms with E-state index in [0.29, 0.717) is 12.2 Å². The van der Waals surface area contributed by atoms with Gasteiger partial charge in [0.2, 0.25) is 0 Å². The fraction of sp³-hybridized carbons (Fsp3) is 0.615. The Labute approximate surface area is 111 Å². The van der Waals surface area contributed by atoms with Crippen LogP contribution in [0.15, 0.2) is 18.2 Å². The molecular formula is C13H20F3N3. The number of hydrogen-bond donors (Lipinski definition) is 1. The maximum absolute atomic E-state index is 13.0. The molecule has 1 unspecified atom stereocenters. The van der Waals surface area contributed by atoms with Gasteiger partial charge in [0, 0.05) is 12.2 Å². The van der Waals surface area contributed by atoms with Crippen LogP contribution in [0, 0.1) is 6.92 Å². The van der Waals surface area contributed by atoms with Crippen molar-refractivity contribution in [3.8, 4) is 0 Å². The number of alkyl halides is 3. The second kappa shape index (κ2) is 6.86. The maximum atomic E-state index is 13.0. The predicted molar refractivity (Wildman–Crippen MR) is 68.6 cm³/mol. The lowest BCUT2D eigenvalue weighted by Crippen LogP contribution is -2.46. The molecular weight excluding hydrogens is 255 g/mol. The highest BCUT2D eigenvalue weighted by molar-refractivity contribution is 5.10. The zero-order chi connectivity index (χ0) is 14.5. The van der Waals surface area contributed by atoms with Crippen LogP contribution in [0.5, 0.6) is 0 Å². The second-order valence-corrected chi connectivity index (χ2v) is 4.47. The van der Waals surface area contributed by atoms with Gasteiger partial charge in [0.05, 0.1) is 5.69 Å². The zero-order valence-electron chi connectivity index (χ0n) is 11.2. The number of halogens is 3. The molecule has 1 aromatic rings. The first kappa shape index (κ1) is 15.9. The van der Waals surface area contributed by atoms with Crippen LogP contribution in [0.25, 0.3) is 0 Å². The van der Waals surface area contributed by atoms with Gasteiger partial charge in [0.25, 0.3) is 0 Å². The third-order valence-corrected chi connectivity index (χ3v) is 2.98. The first-order valence-electron chi connectivity index (χ1n) is 6.31. The smallest absolute Gasteiger partial charge is 0.330 e. The lowest BCUT2D eigenvalue weighted by molar-refractivity contribution is -0.186. The summed E-state index contributed by atoms with van der Waals surface area (Å²) in [5.74, 6) is 0. The van der Waals surface area contributed by atoms with Crippen LogP contribution >= 0.6 is 0 Å². The minimum absolute atomic E-state index is 0.0158. The molecule has 0 fully saturated rings. The van der Waals surface area contributed by atoms with E-state index < -0.39 is 12.2 Å². The topological polar surface area (TPSA) is 42.2 Å². The van der Waals surface area contributed by atoms with Crippen LogP contribution in [-0.4, -0.2) is 35.2 Å². The third-order valence-electron chi connectivity index (χ3n) is 2.98. The largest absolute Gasteiger partial charge is 0.404 e. The normalized spacial score (nSPS) is 13.8. The van der Waals surface area contributed by atoms with Crippen molar-refractivity contribution in [1.29, 1.82) is 0 Å². The van der Waals surface area contributed by atoms with Crippen molar-refractivity contribution >= 4 is 0 Å². The minimum Gasteiger partial charge on any atom is -0.330 e. The van der Waals surface area contributed by atoms with Crippen molar-refractivity contribution in [1.82, 2.24) is 9.88 Å². The SMILES string of the molecule is CCN(Cc1cccc(C)n1)C(CCN)C(F)(F)F. The van der Waals surface area contributed by atoms with Crippen molar-refractivity contribution in [3.63, 3.8) is 0 Å². The van der Waals surface area contributed by atoms with Crippen molar-refractivity contribution in [2.24, 2.45) is 5.73 Å². The standard InChI is InChI=1S/C13H20F3N3/c1-3-19(12(7-8-17)13(14,15)16)9-11-6-4-5-10(2)18-11/h4-6,12H,3,7-9,17H2,1-2H3. The van der Waals surface area contributed by atoms with Gasteiger partial charge >= 0.3 is 6.18 Å². The van der Waals surface area contributed by atoms with Crippen LogP contribution in [0.1, 0.15) is 24.7 Å². The van der Waals surface area contributed by atoms with Crippen LogP contribution in [0.2, 0.25) is 0 Å². The molecule has 6 heteroatoms. The van der Waals surface area contributed by atoms with Crippen molar-refractivity contribution in [2.75, 3.05) is 13.1 Å². The second-order valence-electron chi connectivity index (χ2n) is 4.47. The summed E-state index contributed by atoms with van der Waals surface area (Å²) in [6.07, 6.45) is -4.36. The highest BCUT2D eigenvalue weighted by Gasteiger charge is 2.42. The Morgan fingerprint density at radius 1 is 1.37 bits per heavy atom. The van der Waals surface area contributed by atoms with Crippen LogP contribution in [0.3, 0.4) is 0 Å². The Kier molecular flexibility index (Phi) is 5.75.